The van der Waals surface area contributed by atoms with Crippen LogP contribution >= 0.6 is 0 Å². The number of hydrogen-bond donors (Lipinski definition) is 0. The molecule has 9 nitrogen and oxygen atoms in total. The van der Waals surface area contributed by atoms with Gasteiger partial charge < -0.3 is 24.3 Å². The maximum atomic E-state index is 14.7. The molecule has 0 unspecified atom stereocenters. The van der Waals surface area contributed by atoms with E-state index in [9.17, 15) is 14.4 Å². The first-order valence-electron chi connectivity index (χ1n) is 19.3. The van der Waals surface area contributed by atoms with Gasteiger partial charge in [0.05, 0.1) is 6.61 Å². The van der Waals surface area contributed by atoms with Gasteiger partial charge in [-0.3, -0.25) is 19.3 Å². The summed E-state index contributed by atoms with van der Waals surface area (Å²) in [4.78, 5) is 51.2. The summed E-state index contributed by atoms with van der Waals surface area (Å²) < 4.78 is 5.75. The Bertz CT molecular complexity index is 1820. The summed E-state index contributed by atoms with van der Waals surface area (Å²) in [7, 11) is 0. The number of nitrogens with zero attached hydrogens (tertiary/aromatic N) is 5. The molecule has 282 valence electrons. The fraction of sp³-hybridized carbons (Fsp3) is 0.356. The average molecular weight is 728 g/mol. The molecule has 2 aliphatic rings. The van der Waals surface area contributed by atoms with Gasteiger partial charge in [0.15, 0.2) is 0 Å². The van der Waals surface area contributed by atoms with Crippen LogP contribution in [0, 0.1) is 0 Å². The number of amides is 3. The summed E-state index contributed by atoms with van der Waals surface area (Å²) in [6, 6.07) is 35.7. The first kappa shape index (κ1) is 38.3. The van der Waals surface area contributed by atoms with Gasteiger partial charge in [0.2, 0.25) is 17.7 Å². The van der Waals surface area contributed by atoms with E-state index in [2.05, 4.69) is 65.3 Å². The van der Waals surface area contributed by atoms with E-state index in [4.69, 9.17) is 4.74 Å². The standard InChI is InChI=1S/C45H53N5O4/c1-3-32-54-42-21-16-37(17-22-42)18-23-44(52)50(35-40-14-19-41(20-15-40)48-30-28-47(29-31-48)36(2)51)43(33-38-10-6-4-7-11-38)45(53)49-26-24-46(25-27-49)34-39-12-8-5-9-13-39/h4-23,43H,3,24-35H2,1-2H3/t43-/m0/s1. The molecule has 4 aromatic rings. The van der Waals surface area contributed by atoms with Crippen molar-refractivity contribution < 1.29 is 19.1 Å². The molecular formula is C45H53N5O4. The van der Waals surface area contributed by atoms with Crippen LogP contribution in [0.25, 0.3) is 6.08 Å². The third kappa shape index (κ3) is 10.6. The molecule has 0 bridgehead atoms. The molecule has 0 N–H and O–H groups in total. The summed E-state index contributed by atoms with van der Waals surface area (Å²) in [5.74, 6) is 0.652. The Morgan fingerprint density at radius 3 is 1.93 bits per heavy atom. The van der Waals surface area contributed by atoms with Crippen LogP contribution in [0.1, 0.15) is 42.5 Å². The summed E-state index contributed by atoms with van der Waals surface area (Å²) >= 11 is 0. The predicted molar refractivity (Wildman–Crippen MR) is 215 cm³/mol. The number of carbonyl (C=O) groups excluding carboxylic acids is 3. The summed E-state index contributed by atoms with van der Waals surface area (Å²) in [6.45, 7) is 11.2. The molecule has 6 rings (SSSR count). The molecule has 4 aromatic carbocycles. The molecule has 0 saturated carbocycles. The van der Waals surface area contributed by atoms with Crippen molar-refractivity contribution in [1.82, 2.24) is 19.6 Å². The van der Waals surface area contributed by atoms with Crippen molar-refractivity contribution in [2.75, 3.05) is 63.9 Å². The molecule has 0 aromatic heterocycles. The van der Waals surface area contributed by atoms with E-state index in [0.29, 0.717) is 39.2 Å². The quantitative estimate of drug-likeness (QED) is 0.145. The van der Waals surface area contributed by atoms with E-state index >= 15 is 0 Å². The lowest BCUT2D eigenvalue weighted by Gasteiger charge is -2.39. The normalized spacial score (nSPS) is 15.6. The minimum absolute atomic E-state index is 0.0302. The minimum Gasteiger partial charge on any atom is -0.494 e. The molecule has 0 aliphatic carbocycles. The van der Waals surface area contributed by atoms with Crippen LogP contribution in [0.5, 0.6) is 5.75 Å². The van der Waals surface area contributed by atoms with Crippen LogP contribution in [-0.2, 0) is 33.9 Å². The van der Waals surface area contributed by atoms with E-state index in [1.807, 2.05) is 76.5 Å². The Labute approximate surface area is 320 Å². The number of piperazine rings is 2. The minimum atomic E-state index is -0.700. The first-order valence-corrected chi connectivity index (χ1v) is 19.3. The molecule has 3 amide bonds. The maximum Gasteiger partial charge on any atom is 0.247 e. The predicted octanol–water partition coefficient (Wildman–Crippen LogP) is 6.14. The molecule has 9 heteroatoms. The van der Waals surface area contributed by atoms with Crippen LogP contribution in [-0.4, -0.2) is 102 Å². The Kier molecular flexibility index (Phi) is 13.5. The SMILES string of the molecule is CCCOc1ccc(C=CC(=O)N(Cc2ccc(N3CCN(C(C)=O)CC3)cc2)[C@@H](Cc2ccccc2)C(=O)N2CCN(Cc3ccccc3)CC2)cc1. The van der Waals surface area contributed by atoms with E-state index in [-0.39, 0.29) is 24.3 Å². The highest BCUT2D eigenvalue weighted by atomic mass is 16.5. The Morgan fingerprint density at radius 2 is 1.31 bits per heavy atom. The number of carbonyl (C=O) groups is 3. The Hall–Kier alpha value is -5.41. The monoisotopic (exact) mass is 727 g/mol. The van der Waals surface area contributed by atoms with Gasteiger partial charge in [-0.15, -0.1) is 0 Å². The molecule has 1 atom stereocenters. The zero-order chi connectivity index (χ0) is 37.7. The van der Waals surface area contributed by atoms with E-state index in [1.54, 1.807) is 17.9 Å². The van der Waals surface area contributed by atoms with E-state index < -0.39 is 6.04 Å². The largest absolute Gasteiger partial charge is 0.494 e. The number of anilines is 1. The third-order valence-electron chi connectivity index (χ3n) is 10.3. The summed E-state index contributed by atoms with van der Waals surface area (Å²) in [5, 5.41) is 0. The average Bonchev–Trinajstić information content (AvgIpc) is 3.22. The smallest absolute Gasteiger partial charge is 0.247 e. The Balaban J connectivity index is 1.24. The topological polar surface area (TPSA) is 76.6 Å². The van der Waals surface area contributed by atoms with Gasteiger partial charge in [-0.25, -0.2) is 0 Å². The van der Waals surface area contributed by atoms with Crippen molar-refractivity contribution in [1.29, 1.82) is 0 Å². The van der Waals surface area contributed by atoms with Gasteiger partial charge >= 0.3 is 0 Å². The zero-order valence-electron chi connectivity index (χ0n) is 31.7. The highest BCUT2D eigenvalue weighted by Crippen LogP contribution is 2.23. The van der Waals surface area contributed by atoms with Crippen LogP contribution in [0.2, 0.25) is 0 Å². The lowest BCUT2D eigenvalue weighted by Crippen LogP contribution is -2.56. The van der Waals surface area contributed by atoms with Crippen molar-refractivity contribution in [3.63, 3.8) is 0 Å². The van der Waals surface area contributed by atoms with E-state index in [0.717, 1.165) is 67.3 Å². The second-order valence-electron chi connectivity index (χ2n) is 14.2. The molecular weight excluding hydrogens is 675 g/mol. The van der Waals surface area contributed by atoms with Crippen LogP contribution in [0.4, 0.5) is 5.69 Å². The first-order chi connectivity index (χ1) is 26.4. The number of ether oxygens (including phenoxy) is 1. The second kappa shape index (κ2) is 19.1. The molecule has 2 heterocycles. The fourth-order valence-corrected chi connectivity index (χ4v) is 7.14. The van der Waals surface area contributed by atoms with Crippen molar-refractivity contribution >= 4 is 29.5 Å². The zero-order valence-corrected chi connectivity index (χ0v) is 31.7. The molecule has 54 heavy (non-hydrogen) atoms. The highest BCUT2D eigenvalue weighted by Gasteiger charge is 2.34. The molecule has 2 saturated heterocycles. The van der Waals surface area contributed by atoms with Gasteiger partial charge in [0, 0.05) is 90.6 Å². The Morgan fingerprint density at radius 1 is 0.704 bits per heavy atom. The number of rotatable bonds is 14. The second-order valence-corrected chi connectivity index (χ2v) is 14.2. The van der Waals surface area contributed by atoms with Gasteiger partial charge in [-0.2, -0.15) is 0 Å². The maximum absolute atomic E-state index is 14.7. The lowest BCUT2D eigenvalue weighted by atomic mass is 10.0. The summed E-state index contributed by atoms with van der Waals surface area (Å²) in [6.07, 6.45) is 4.74. The van der Waals surface area contributed by atoms with Gasteiger partial charge in [-0.1, -0.05) is 91.9 Å². The van der Waals surface area contributed by atoms with E-state index in [1.165, 1.54) is 5.56 Å². The van der Waals surface area contributed by atoms with Crippen LogP contribution < -0.4 is 9.64 Å². The molecule has 0 spiro atoms. The highest BCUT2D eigenvalue weighted by molar-refractivity contribution is 5.96. The van der Waals surface area contributed by atoms with Crippen LogP contribution in [0.15, 0.2) is 115 Å². The van der Waals surface area contributed by atoms with Crippen molar-refractivity contribution in [2.24, 2.45) is 0 Å². The lowest BCUT2D eigenvalue weighted by molar-refractivity contribution is -0.145. The van der Waals surface area contributed by atoms with Crippen molar-refractivity contribution in [2.45, 2.75) is 45.8 Å². The molecule has 0 radical (unpaired) electrons. The van der Waals surface area contributed by atoms with Crippen molar-refractivity contribution in [3.8, 4) is 5.75 Å². The number of hydrogen-bond acceptors (Lipinski definition) is 6. The molecule has 2 fully saturated rings. The van der Waals surface area contributed by atoms with Crippen molar-refractivity contribution in [3.05, 3.63) is 138 Å². The molecule has 2 aliphatic heterocycles. The third-order valence-corrected chi connectivity index (χ3v) is 10.3. The van der Waals surface area contributed by atoms with Gasteiger partial charge in [0.25, 0.3) is 0 Å². The fourth-order valence-electron chi connectivity index (χ4n) is 7.14. The number of benzene rings is 4. The van der Waals surface area contributed by atoms with Crippen LogP contribution in [0.3, 0.4) is 0 Å². The van der Waals surface area contributed by atoms with Gasteiger partial charge in [-0.05, 0) is 59.0 Å². The summed E-state index contributed by atoms with van der Waals surface area (Å²) in [5.41, 5.74) is 5.16. The van der Waals surface area contributed by atoms with Gasteiger partial charge in [0.1, 0.15) is 11.8 Å².